The Bertz CT molecular complexity index is 646. The van der Waals surface area contributed by atoms with Crippen molar-refractivity contribution in [2.75, 3.05) is 13.2 Å². The van der Waals surface area contributed by atoms with E-state index in [9.17, 15) is 4.79 Å². The highest BCUT2D eigenvalue weighted by Gasteiger charge is 2.24. The molecule has 1 amide bonds. The van der Waals surface area contributed by atoms with E-state index in [1.54, 1.807) is 12.4 Å². The first-order valence-corrected chi connectivity index (χ1v) is 6.75. The van der Waals surface area contributed by atoms with E-state index in [-0.39, 0.29) is 5.92 Å². The van der Waals surface area contributed by atoms with Crippen LogP contribution in [0.5, 0.6) is 5.75 Å². The number of rotatable bonds is 3. The number of hydrogen-bond acceptors (Lipinski definition) is 4. The lowest BCUT2D eigenvalue weighted by Gasteiger charge is -2.27. The van der Waals surface area contributed by atoms with Crippen molar-refractivity contribution >= 4 is 6.09 Å². The van der Waals surface area contributed by atoms with Gasteiger partial charge in [0.15, 0.2) is 0 Å². The molecule has 1 atom stereocenters. The summed E-state index contributed by atoms with van der Waals surface area (Å²) in [5.41, 5.74) is 2.93. The molecule has 2 heterocycles. The Morgan fingerprint density at radius 2 is 2.29 bits per heavy atom. The van der Waals surface area contributed by atoms with E-state index in [1.165, 1.54) is 0 Å². The van der Waals surface area contributed by atoms with Gasteiger partial charge in [0.1, 0.15) is 5.75 Å². The normalized spacial score (nSPS) is 16.7. The highest BCUT2D eigenvalue weighted by molar-refractivity contribution is 5.72. The lowest BCUT2D eigenvalue weighted by Crippen LogP contribution is -2.29. The SMILES string of the molecule is O=C(O)NC[C@@H]1CCOc2c(-c3ccnnc3)cccc21. The molecule has 2 aromatic rings. The van der Waals surface area contributed by atoms with Crippen molar-refractivity contribution in [1.82, 2.24) is 15.5 Å². The maximum absolute atomic E-state index is 10.7. The van der Waals surface area contributed by atoms with Gasteiger partial charge in [-0.3, -0.25) is 0 Å². The summed E-state index contributed by atoms with van der Waals surface area (Å²) in [5, 5.41) is 18.9. The molecule has 0 saturated carbocycles. The summed E-state index contributed by atoms with van der Waals surface area (Å²) in [6.07, 6.45) is 3.13. The number of hydrogen-bond donors (Lipinski definition) is 2. The van der Waals surface area contributed by atoms with Gasteiger partial charge in [0, 0.05) is 23.6 Å². The Kier molecular flexibility index (Phi) is 3.68. The molecule has 108 valence electrons. The third kappa shape index (κ3) is 2.79. The third-order valence-corrected chi connectivity index (χ3v) is 3.59. The predicted octanol–water partition coefficient (Wildman–Crippen LogP) is 2.28. The number of nitrogens with one attached hydrogen (secondary N) is 1. The molecule has 1 aromatic carbocycles. The lowest BCUT2D eigenvalue weighted by molar-refractivity contribution is 0.191. The van der Waals surface area contributed by atoms with Crippen LogP contribution >= 0.6 is 0 Å². The number of amides is 1. The minimum Gasteiger partial charge on any atom is -0.493 e. The second kappa shape index (κ2) is 5.78. The molecule has 0 unspecified atom stereocenters. The van der Waals surface area contributed by atoms with Crippen LogP contribution in [0.15, 0.2) is 36.7 Å². The zero-order valence-corrected chi connectivity index (χ0v) is 11.3. The van der Waals surface area contributed by atoms with Crippen LogP contribution in [0, 0.1) is 0 Å². The summed E-state index contributed by atoms with van der Waals surface area (Å²) < 4.78 is 5.82. The Labute approximate surface area is 121 Å². The summed E-state index contributed by atoms with van der Waals surface area (Å²) in [7, 11) is 0. The smallest absolute Gasteiger partial charge is 0.404 e. The van der Waals surface area contributed by atoms with E-state index < -0.39 is 6.09 Å². The van der Waals surface area contributed by atoms with Gasteiger partial charge in [-0.15, -0.1) is 0 Å². The van der Waals surface area contributed by atoms with Gasteiger partial charge in [-0.1, -0.05) is 18.2 Å². The minimum atomic E-state index is -1.00. The average Bonchev–Trinajstić information content (AvgIpc) is 2.53. The van der Waals surface area contributed by atoms with Crippen molar-refractivity contribution in [3.8, 4) is 16.9 Å². The molecule has 0 bridgehead atoms. The molecule has 0 fully saturated rings. The van der Waals surface area contributed by atoms with Crippen LogP contribution in [0.2, 0.25) is 0 Å². The number of carboxylic acid groups (broad SMARTS) is 1. The van der Waals surface area contributed by atoms with Crippen LogP contribution in [0.1, 0.15) is 17.9 Å². The largest absolute Gasteiger partial charge is 0.493 e. The van der Waals surface area contributed by atoms with Crippen LogP contribution in [0.3, 0.4) is 0 Å². The molecule has 0 aliphatic carbocycles. The number of benzene rings is 1. The Morgan fingerprint density at radius 3 is 3.05 bits per heavy atom. The van der Waals surface area contributed by atoms with Crippen molar-refractivity contribution in [2.45, 2.75) is 12.3 Å². The van der Waals surface area contributed by atoms with Gasteiger partial charge in [-0.05, 0) is 18.1 Å². The van der Waals surface area contributed by atoms with Gasteiger partial charge in [-0.2, -0.15) is 10.2 Å². The summed E-state index contributed by atoms with van der Waals surface area (Å²) in [5.74, 6) is 0.938. The second-order valence-electron chi connectivity index (χ2n) is 4.88. The van der Waals surface area contributed by atoms with Gasteiger partial charge in [0.05, 0.1) is 19.0 Å². The van der Waals surface area contributed by atoms with E-state index in [0.717, 1.165) is 28.9 Å². The van der Waals surface area contributed by atoms with Crippen molar-refractivity contribution in [3.05, 3.63) is 42.2 Å². The summed E-state index contributed by atoms with van der Waals surface area (Å²) in [6.45, 7) is 0.970. The summed E-state index contributed by atoms with van der Waals surface area (Å²) in [4.78, 5) is 10.7. The maximum Gasteiger partial charge on any atom is 0.404 e. The van der Waals surface area contributed by atoms with E-state index >= 15 is 0 Å². The molecule has 0 saturated heterocycles. The molecule has 0 radical (unpaired) electrons. The fraction of sp³-hybridized carbons (Fsp3) is 0.267. The number of fused-ring (bicyclic) bond motifs is 1. The Balaban J connectivity index is 1.96. The first-order valence-electron chi connectivity index (χ1n) is 6.75. The highest BCUT2D eigenvalue weighted by atomic mass is 16.5. The molecule has 1 aromatic heterocycles. The van der Waals surface area contributed by atoms with Crippen molar-refractivity contribution < 1.29 is 14.6 Å². The highest BCUT2D eigenvalue weighted by Crippen LogP contribution is 2.40. The van der Waals surface area contributed by atoms with E-state index in [1.807, 2.05) is 24.3 Å². The molecular formula is C15H15N3O3. The predicted molar refractivity (Wildman–Crippen MR) is 76.3 cm³/mol. The first-order chi connectivity index (χ1) is 10.3. The first kappa shape index (κ1) is 13.4. The van der Waals surface area contributed by atoms with Crippen molar-refractivity contribution in [2.24, 2.45) is 0 Å². The second-order valence-corrected chi connectivity index (χ2v) is 4.88. The van der Waals surface area contributed by atoms with E-state index in [0.29, 0.717) is 13.2 Å². The number of carbonyl (C=O) groups is 1. The van der Waals surface area contributed by atoms with E-state index in [2.05, 4.69) is 15.5 Å². The molecule has 0 spiro atoms. The van der Waals surface area contributed by atoms with Gasteiger partial charge in [0.2, 0.25) is 0 Å². The van der Waals surface area contributed by atoms with Crippen LogP contribution in [-0.4, -0.2) is 34.5 Å². The fourth-order valence-electron chi connectivity index (χ4n) is 2.60. The fourth-order valence-corrected chi connectivity index (χ4v) is 2.60. The van der Waals surface area contributed by atoms with Gasteiger partial charge < -0.3 is 15.2 Å². The topological polar surface area (TPSA) is 84.3 Å². The van der Waals surface area contributed by atoms with Crippen molar-refractivity contribution in [1.29, 1.82) is 0 Å². The zero-order chi connectivity index (χ0) is 14.7. The third-order valence-electron chi connectivity index (χ3n) is 3.59. The number of nitrogens with zero attached hydrogens (tertiary/aromatic N) is 2. The number of aromatic nitrogens is 2. The zero-order valence-electron chi connectivity index (χ0n) is 11.3. The average molecular weight is 285 g/mol. The standard InChI is InChI=1S/C15H15N3O3/c19-15(20)16-8-11-5-7-21-14-12(2-1-3-13(11)14)10-4-6-17-18-9-10/h1-4,6,9,11,16H,5,7-8H2,(H,19,20)/t11-/m0/s1. The molecule has 3 rings (SSSR count). The molecular weight excluding hydrogens is 270 g/mol. The number of ether oxygens (including phenoxy) is 1. The molecule has 6 heteroatoms. The lowest BCUT2D eigenvalue weighted by atomic mass is 9.90. The summed E-state index contributed by atoms with van der Waals surface area (Å²) in [6, 6.07) is 7.80. The van der Waals surface area contributed by atoms with Gasteiger partial charge in [-0.25, -0.2) is 4.79 Å². The van der Waals surface area contributed by atoms with Crippen molar-refractivity contribution in [3.63, 3.8) is 0 Å². The molecule has 2 N–H and O–H groups in total. The minimum absolute atomic E-state index is 0.125. The van der Waals surface area contributed by atoms with Crippen LogP contribution in [0.4, 0.5) is 4.79 Å². The maximum atomic E-state index is 10.7. The van der Waals surface area contributed by atoms with Crippen LogP contribution in [-0.2, 0) is 0 Å². The molecule has 1 aliphatic rings. The van der Waals surface area contributed by atoms with Gasteiger partial charge in [0.25, 0.3) is 0 Å². The molecule has 21 heavy (non-hydrogen) atoms. The Morgan fingerprint density at radius 1 is 1.38 bits per heavy atom. The molecule has 1 aliphatic heterocycles. The summed E-state index contributed by atoms with van der Waals surface area (Å²) >= 11 is 0. The quantitative estimate of drug-likeness (QED) is 0.903. The van der Waals surface area contributed by atoms with Crippen LogP contribution < -0.4 is 10.1 Å². The van der Waals surface area contributed by atoms with Gasteiger partial charge >= 0.3 is 6.09 Å². The monoisotopic (exact) mass is 285 g/mol. The van der Waals surface area contributed by atoms with E-state index in [4.69, 9.17) is 9.84 Å². The van der Waals surface area contributed by atoms with Crippen LogP contribution in [0.25, 0.3) is 11.1 Å². The molecule has 6 nitrogen and oxygen atoms in total. The number of para-hydroxylation sites is 1. The Hall–Kier alpha value is -2.63.